The molecule has 0 unspecified atom stereocenters. The molecule has 16 heavy (non-hydrogen) atoms. The normalized spacial score (nSPS) is 23.9. The first-order valence-electron chi connectivity index (χ1n) is 6.91. The van der Waals surface area contributed by atoms with Crippen molar-refractivity contribution in [3.8, 4) is 0 Å². The molecule has 2 aliphatic rings. The van der Waals surface area contributed by atoms with E-state index in [1.54, 1.807) is 0 Å². The Morgan fingerprint density at radius 2 is 1.69 bits per heavy atom. The maximum Gasteiger partial charge on any atom is 0.133 e. The van der Waals surface area contributed by atoms with E-state index in [4.69, 9.17) is 0 Å². The van der Waals surface area contributed by atoms with Crippen LogP contribution in [0.1, 0.15) is 52.4 Å². The lowest BCUT2D eigenvalue weighted by Crippen LogP contribution is -2.50. The molecule has 0 radical (unpaired) electrons. The second-order valence-electron chi connectivity index (χ2n) is 6.01. The third kappa shape index (κ3) is 3.07. The summed E-state index contributed by atoms with van der Waals surface area (Å²) in [6.07, 6.45) is 7.02. The Kier molecular flexibility index (Phi) is 4.01. The van der Waals surface area contributed by atoms with E-state index in [1.165, 1.54) is 25.7 Å². The molecule has 1 aliphatic carbocycles. The van der Waals surface area contributed by atoms with E-state index in [0.717, 1.165) is 31.8 Å². The molecule has 2 heteroatoms. The molecule has 0 bridgehead atoms. The lowest BCUT2D eigenvalue weighted by atomic mass is 9.89. The van der Waals surface area contributed by atoms with Crippen LogP contribution < -0.4 is 0 Å². The van der Waals surface area contributed by atoms with Crippen molar-refractivity contribution >= 4 is 5.78 Å². The molecule has 1 saturated carbocycles. The average molecular weight is 223 g/mol. The molecule has 1 heterocycles. The summed E-state index contributed by atoms with van der Waals surface area (Å²) in [5.74, 6) is 1.92. The maximum absolute atomic E-state index is 11.9. The van der Waals surface area contributed by atoms with Gasteiger partial charge < -0.3 is 4.90 Å². The second kappa shape index (κ2) is 5.31. The van der Waals surface area contributed by atoms with Gasteiger partial charge in [0.05, 0.1) is 0 Å². The predicted octanol–water partition coefficient (Wildman–Crippen LogP) is 2.87. The monoisotopic (exact) mass is 223 g/mol. The van der Waals surface area contributed by atoms with E-state index >= 15 is 0 Å². The number of Topliss-reactive ketones (excluding diaryl/α,β-unsaturated/α-hetero) is 1. The fraction of sp³-hybridized carbons (Fsp3) is 0.929. The number of rotatable bonds is 5. The summed E-state index contributed by atoms with van der Waals surface area (Å²) >= 11 is 0. The number of ketones is 1. The highest BCUT2D eigenvalue weighted by molar-refractivity contribution is 5.79. The van der Waals surface area contributed by atoms with Crippen LogP contribution in [0.2, 0.25) is 0 Å². The molecule has 2 fully saturated rings. The Morgan fingerprint density at radius 3 is 2.25 bits per heavy atom. The minimum atomic E-state index is 0.528. The summed E-state index contributed by atoms with van der Waals surface area (Å²) in [5.41, 5.74) is 0. The molecule has 0 aromatic rings. The van der Waals surface area contributed by atoms with Gasteiger partial charge in [0.2, 0.25) is 0 Å². The van der Waals surface area contributed by atoms with Gasteiger partial charge in [0, 0.05) is 32.0 Å². The van der Waals surface area contributed by atoms with Crippen molar-refractivity contribution in [2.75, 3.05) is 13.1 Å². The van der Waals surface area contributed by atoms with Crippen LogP contribution >= 0.6 is 0 Å². The van der Waals surface area contributed by atoms with Gasteiger partial charge in [0.15, 0.2) is 0 Å². The minimum absolute atomic E-state index is 0.528. The Morgan fingerprint density at radius 1 is 1.12 bits per heavy atom. The first kappa shape index (κ1) is 12.1. The van der Waals surface area contributed by atoms with Crippen LogP contribution in [0.4, 0.5) is 0 Å². The van der Waals surface area contributed by atoms with Crippen LogP contribution in [0.15, 0.2) is 0 Å². The molecule has 0 aromatic carbocycles. The molecule has 0 aromatic heterocycles. The van der Waals surface area contributed by atoms with Crippen molar-refractivity contribution in [1.29, 1.82) is 0 Å². The summed E-state index contributed by atoms with van der Waals surface area (Å²) in [6.45, 7) is 6.76. The topological polar surface area (TPSA) is 20.3 Å². The number of nitrogens with zero attached hydrogens (tertiary/aromatic N) is 1. The molecule has 1 aliphatic heterocycles. The zero-order valence-corrected chi connectivity index (χ0v) is 10.7. The van der Waals surface area contributed by atoms with Crippen LogP contribution in [0, 0.1) is 11.8 Å². The third-order valence-corrected chi connectivity index (χ3v) is 4.22. The molecule has 2 rings (SSSR count). The Bertz CT molecular complexity index is 237. The molecule has 0 amide bonds. The molecule has 0 atom stereocenters. The van der Waals surface area contributed by atoms with Crippen LogP contribution in [-0.4, -0.2) is 29.8 Å². The van der Waals surface area contributed by atoms with Gasteiger partial charge >= 0.3 is 0 Å². The maximum atomic E-state index is 11.9. The Labute approximate surface area is 99.4 Å². The van der Waals surface area contributed by atoms with Gasteiger partial charge in [-0.15, -0.1) is 0 Å². The highest BCUT2D eigenvalue weighted by Gasteiger charge is 2.30. The van der Waals surface area contributed by atoms with Crippen LogP contribution in [0.5, 0.6) is 0 Å². The van der Waals surface area contributed by atoms with Gasteiger partial charge in [-0.1, -0.05) is 25.7 Å². The fourth-order valence-corrected chi connectivity index (χ4v) is 3.10. The molecule has 92 valence electrons. The Hall–Kier alpha value is -0.370. The average Bonchev–Trinajstić information content (AvgIpc) is 2.62. The molecular formula is C14H25NO. The van der Waals surface area contributed by atoms with Crippen LogP contribution in [-0.2, 0) is 4.79 Å². The van der Waals surface area contributed by atoms with E-state index in [2.05, 4.69) is 18.7 Å². The van der Waals surface area contributed by atoms with E-state index < -0.39 is 0 Å². The standard InChI is InChI=1S/C14H25NO/c1-11(2)15-9-13(10-15)8-14(16)7-12-5-3-4-6-12/h11-13H,3-10H2,1-2H3. The largest absolute Gasteiger partial charge is 0.300 e. The zero-order valence-electron chi connectivity index (χ0n) is 10.7. The van der Waals surface area contributed by atoms with Gasteiger partial charge in [0.25, 0.3) is 0 Å². The third-order valence-electron chi connectivity index (χ3n) is 4.22. The lowest BCUT2D eigenvalue weighted by Gasteiger charge is -2.42. The van der Waals surface area contributed by atoms with E-state index in [0.29, 0.717) is 17.7 Å². The van der Waals surface area contributed by atoms with Crippen molar-refractivity contribution < 1.29 is 4.79 Å². The van der Waals surface area contributed by atoms with Crippen molar-refractivity contribution in [3.05, 3.63) is 0 Å². The Balaban J connectivity index is 1.61. The minimum Gasteiger partial charge on any atom is -0.300 e. The molecular weight excluding hydrogens is 198 g/mol. The summed E-state index contributed by atoms with van der Waals surface area (Å²) in [4.78, 5) is 14.3. The predicted molar refractivity (Wildman–Crippen MR) is 66.4 cm³/mol. The zero-order chi connectivity index (χ0) is 11.5. The number of carbonyl (C=O) groups is 1. The summed E-state index contributed by atoms with van der Waals surface area (Å²) < 4.78 is 0. The first-order chi connectivity index (χ1) is 7.65. The summed E-state index contributed by atoms with van der Waals surface area (Å²) in [7, 11) is 0. The summed E-state index contributed by atoms with van der Waals surface area (Å²) in [6, 6.07) is 0.654. The number of likely N-dealkylation sites (tertiary alicyclic amines) is 1. The summed E-state index contributed by atoms with van der Waals surface area (Å²) in [5, 5.41) is 0. The lowest BCUT2D eigenvalue weighted by molar-refractivity contribution is -0.122. The SMILES string of the molecule is CC(C)N1CC(CC(=O)CC2CCCC2)C1. The molecule has 0 N–H and O–H groups in total. The van der Waals surface area contributed by atoms with Crippen molar-refractivity contribution in [2.24, 2.45) is 11.8 Å². The van der Waals surface area contributed by atoms with E-state index in [1.807, 2.05) is 0 Å². The molecule has 1 saturated heterocycles. The van der Waals surface area contributed by atoms with Crippen LogP contribution in [0.25, 0.3) is 0 Å². The molecule has 0 spiro atoms. The van der Waals surface area contributed by atoms with Gasteiger partial charge in [-0.05, 0) is 25.7 Å². The quantitative estimate of drug-likeness (QED) is 0.714. The fourth-order valence-electron chi connectivity index (χ4n) is 3.10. The van der Waals surface area contributed by atoms with Gasteiger partial charge in [0.1, 0.15) is 5.78 Å². The number of carbonyl (C=O) groups excluding carboxylic acids is 1. The van der Waals surface area contributed by atoms with Gasteiger partial charge in [-0.2, -0.15) is 0 Å². The van der Waals surface area contributed by atoms with Crippen molar-refractivity contribution in [3.63, 3.8) is 0 Å². The van der Waals surface area contributed by atoms with Gasteiger partial charge in [-0.25, -0.2) is 0 Å². The number of hydrogen-bond acceptors (Lipinski definition) is 2. The van der Waals surface area contributed by atoms with Crippen molar-refractivity contribution in [1.82, 2.24) is 4.90 Å². The van der Waals surface area contributed by atoms with E-state index in [-0.39, 0.29) is 0 Å². The number of hydrogen-bond donors (Lipinski definition) is 0. The highest BCUT2D eigenvalue weighted by Crippen LogP contribution is 2.29. The molecule has 2 nitrogen and oxygen atoms in total. The van der Waals surface area contributed by atoms with E-state index in [9.17, 15) is 4.79 Å². The smallest absolute Gasteiger partial charge is 0.133 e. The second-order valence-corrected chi connectivity index (χ2v) is 6.01. The van der Waals surface area contributed by atoms with Crippen molar-refractivity contribution in [2.45, 2.75) is 58.4 Å². The first-order valence-corrected chi connectivity index (χ1v) is 6.91. The highest BCUT2D eigenvalue weighted by atomic mass is 16.1. The van der Waals surface area contributed by atoms with Gasteiger partial charge in [-0.3, -0.25) is 4.79 Å². The van der Waals surface area contributed by atoms with Crippen LogP contribution in [0.3, 0.4) is 0 Å².